The minimum absolute atomic E-state index is 0.690. The van der Waals surface area contributed by atoms with Crippen LogP contribution in [0.25, 0.3) is 0 Å². The fraction of sp³-hybridized carbons (Fsp3) is 0.593. The topological polar surface area (TPSA) is 23.8 Å². The molecule has 3 rings (SSSR count). The Kier molecular flexibility index (Phi) is 9.12. The summed E-state index contributed by atoms with van der Waals surface area (Å²) in [5, 5.41) is 8.53. The summed E-state index contributed by atoms with van der Waals surface area (Å²) in [6, 6.07) is 6.31. The molecule has 2 aliphatic carbocycles. The summed E-state index contributed by atoms with van der Waals surface area (Å²) in [4.78, 5) is 0. The van der Waals surface area contributed by atoms with Gasteiger partial charge in [-0.3, -0.25) is 0 Å². The van der Waals surface area contributed by atoms with E-state index in [1.54, 1.807) is 6.07 Å². The molecule has 0 saturated heterocycles. The maximum absolute atomic E-state index is 13.3. The van der Waals surface area contributed by atoms with Crippen LogP contribution in [0.15, 0.2) is 42.5 Å². The highest BCUT2D eigenvalue weighted by Gasteiger charge is 2.30. The lowest BCUT2D eigenvalue weighted by Crippen LogP contribution is -2.25. The van der Waals surface area contributed by atoms with E-state index in [1.165, 1.54) is 82.4 Å². The molecule has 0 bridgehead atoms. The molecule has 0 radical (unpaired) electrons. The molecule has 2 fully saturated rings. The van der Waals surface area contributed by atoms with Crippen molar-refractivity contribution in [2.75, 3.05) is 0 Å². The van der Waals surface area contributed by atoms with E-state index in [0.29, 0.717) is 5.92 Å². The second kappa shape index (κ2) is 12.0. The van der Waals surface area contributed by atoms with Gasteiger partial charge in [-0.05, 0) is 92.7 Å². The molecule has 0 heterocycles. The molecule has 162 valence electrons. The largest absolute Gasteiger partial charge is 0.204 e. The molecule has 1 aromatic rings. The van der Waals surface area contributed by atoms with Crippen molar-refractivity contribution >= 4 is 0 Å². The number of unbranched alkanes of at least 4 members (excludes halogenated alkanes) is 1. The summed E-state index contributed by atoms with van der Waals surface area (Å²) in [5.41, 5.74) is 0.907. The Morgan fingerprint density at radius 2 is 1.57 bits per heavy atom. The van der Waals surface area contributed by atoms with Crippen LogP contribution < -0.4 is 0 Å². The van der Waals surface area contributed by atoms with Crippen LogP contribution in [0.5, 0.6) is 0 Å². The number of nitrogens with zero attached hydrogens (tertiary/aromatic N) is 1. The molecule has 0 unspecified atom stereocenters. The van der Waals surface area contributed by atoms with Crippen molar-refractivity contribution in [2.45, 2.75) is 77.0 Å². The molecular weight excluding hydrogens is 376 g/mol. The number of halogens is 2. The number of rotatable bonds is 8. The van der Waals surface area contributed by atoms with Gasteiger partial charge in [0.25, 0.3) is 0 Å². The van der Waals surface area contributed by atoms with Crippen molar-refractivity contribution in [1.82, 2.24) is 0 Å². The lowest BCUT2D eigenvalue weighted by atomic mass is 9.68. The number of hydrogen-bond donors (Lipinski definition) is 0. The van der Waals surface area contributed by atoms with Gasteiger partial charge in [0.15, 0.2) is 11.6 Å². The molecule has 1 nitrogen and oxygen atoms in total. The van der Waals surface area contributed by atoms with E-state index in [2.05, 4.69) is 6.08 Å². The van der Waals surface area contributed by atoms with Crippen LogP contribution in [0.1, 0.15) is 76.2 Å². The zero-order chi connectivity index (χ0) is 21.2. The fourth-order valence-electron chi connectivity index (χ4n) is 5.53. The van der Waals surface area contributed by atoms with Crippen molar-refractivity contribution < 1.29 is 8.78 Å². The van der Waals surface area contributed by atoms with Gasteiger partial charge in [0.2, 0.25) is 0 Å². The molecule has 0 aliphatic heterocycles. The van der Waals surface area contributed by atoms with E-state index in [9.17, 15) is 8.78 Å². The zero-order valence-electron chi connectivity index (χ0n) is 18.0. The second-order valence-corrected chi connectivity index (χ2v) is 9.32. The summed E-state index contributed by atoms with van der Waals surface area (Å²) in [6.45, 7) is 0. The SMILES string of the molecule is N#CC=CC=CC1CCC(C2CCC(CCCCc3ccc(F)c(F)c3)CC2)CC1. The first-order valence-corrected chi connectivity index (χ1v) is 11.8. The molecule has 2 aliphatic rings. The minimum atomic E-state index is -0.756. The van der Waals surface area contributed by atoms with Gasteiger partial charge < -0.3 is 0 Å². The summed E-state index contributed by atoms with van der Waals surface area (Å²) < 4.78 is 26.3. The average Bonchev–Trinajstić information content (AvgIpc) is 2.78. The van der Waals surface area contributed by atoms with Gasteiger partial charge in [0, 0.05) is 6.08 Å². The van der Waals surface area contributed by atoms with E-state index < -0.39 is 11.6 Å². The van der Waals surface area contributed by atoms with Gasteiger partial charge >= 0.3 is 0 Å². The monoisotopic (exact) mass is 411 g/mol. The Labute approximate surface area is 180 Å². The quantitative estimate of drug-likeness (QED) is 0.242. The van der Waals surface area contributed by atoms with E-state index in [4.69, 9.17) is 5.26 Å². The minimum Gasteiger partial charge on any atom is -0.204 e. The predicted molar refractivity (Wildman–Crippen MR) is 119 cm³/mol. The first-order valence-electron chi connectivity index (χ1n) is 11.8. The number of aryl methyl sites for hydroxylation is 1. The van der Waals surface area contributed by atoms with Crippen molar-refractivity contribution in [3.8, 4) is 6.07 Å². The maximum atomic E-state index is 13.3. The highest BCUT2D eigenvalue weighted by molar-refractivity contribution is 5.17. The molecular formula is C27H35F2N. The Balaban J connectivity index is 1.29. The maximum Gasteiger partial charge on any atom is 0.159 e. The van der Waals surface area contributed by atoms with Crippen LogP contribution >= 0.6 is 0 Å². The normalized spacial score (nSPS) is 27.5. The van der Waals surface area contributed by atoms with Crippen LogP contribution in [0, 0.1) is 46.6 Å². The standard InChI is InChI=1S/C27H35F2N/c28-26-18-13-23(20-27(26)29)8-4-3-7-22-11-16-25(17-12-22)24-14-9-21(10-15-24)6-2-1-5-19-30/h1-2,5-6,13,18,20-22,24-25H,3-4,7-12,14-17H2. The van der Waals surface area contributed by atoms with Crippen molar-refractivity contribution in [2.24, 2.45) is 23.7 Å². The fourth-order valence-corrected chi connectivity index (χ4v) is 5.53. The summed E-state index contributed by atoms with van der Waals surface area (Å²) in [5.74, 6) is 1.90. The number of hydrogen-bond acceptors (Lipinski definition) is 1. The van der Waals surface area contributed by atoms with E-state index >= 15 is 0 Å². The third-order valence-electron chi connectivity index (χ3n) is 7.35. The van der Waals surface area contributed by atoms with Gasteiger partial charge in [-0.2, -0.15) is 5.26 Å². The summed E-state index contributed by atoms with van der Waals surface area (Å²) in [6.07, 6.45) is 22.9. The van der Waals surface area contributed by atoms with Crippen LogP contribution in [0.2, 0.25) is 0 Å². The van der Waals surface area contributed by atoms with Crippen LogP contribution in [-0.2, 0) is 6.42 Å². The molecule has 30 heavy (non-hydrogen) atoms. The van der Waals surface area contributed by atoms with Crippen molar-refractivity contribution in [3.05, 3.63) is 59.7 Å². The Morgan fingerprint density at radius 3 is 2.23 bits per heavy atom. The average molecular weight is 412 g/mol. The number of nitriles is 1. The van der Waals surface area contributed by atoms with Gasteiger partial charge in [0.05, 0.1) is 6.07 Å². The molecule has 3 heteroatoms. The van der Waals surface area contributed by atoms with Gasteiger partial charge in [-0.25, -0.2) is 8.78 Å². The summed E-state index contributed by atoms with van der Waals surface area (Å²) >= 11 is 0. The van der Waals surface area contributed by atoms with Crippen LogP contribution in [0.3, 0.4) is 0 Å². The third kappa shape index (κ3) is 7.08. The lowest BCUT2D eigenvalue weighted by Gasteiger charge is -2.37. The first kappa shape index (κ1) is 22.7. The molecule has 0 amide bonds. The smallest absolute Gasteiger partial charge is 0.159 e. The third-order valence-corrected chi connectivity index (χ3v) is 7.35. The van der Waals surface area contributed by atoms with Gasteiger partial charge in [0.1, 0.15) is 0 Å². The zero-order valence-corrected chi connectivity index (χ0v) is 18.0. The van der Waals surface area contributed by atoms with Gasteiger partial charge in [-0.1, -0.05) is 50.0 Å². The Bertz CT molecular complexity index is 745. The Hall–Kier alpha value is -1.95. The first-order chi connectivity index (χ1) is 14.7. The molecule has 0 N–H and O–H groups in total. The van der Waals surface area contributed by atoms with Gasteiger partial charge in [-0.15, -0.1) is 0 Å². The molecule has 0 aromatic heterocycles. The molecule has 2 saturated carbocycles. The number of allylic oxidation sites excluding steroid dienone is 4. The van der Waals surface area contributed by atoms with E-state index in [1.807, 2.05) is 18.2 Å². The van der Waals surface area contributed by atoms with E-state index in [0.717, 1.165) is 36.2 Å². The molecule has 1 aromatic carbocycles. The highest BCUT2D eigenvalue weighted by atomic mass is 19.2. The van der Waals surface area contributed by atoms with Crippen molar-refractivity contribution in [1.29, 1.82) is 5.26 Å². The lowest BCUT2D eigenvalue weighted by molar-refractivity contribution is 0.151. The molecule has 0 spiro atoms. The Morgan fingerprint density at radius 1 is 0.867 bits per heavy atom. The van der Waals surface area contributed by atoms with Crippen molar-refractivity contribution in [3.63, 3.8) is 0 Å². The highest BCUT2D eigenvalue weighted by Crippen LogP contribution is 2.42. The van der Waals surface area contributed by atoms with E-state index in [-0.39, 0.29) is 0 Å². The second-order valence-electron chi connectivity index (χ2n) is 9.32. The predicted octanol–water partition coefficient (Wildman–Crippen LogP) is 7.93. The van der Waals surface area contributed by atoms with Crippen LogP contribution in [-0.4, -0.2) is 0 Å². The van der Waals surface area contributed by atoms with Crippen LogP contribution in [0.4, 0.5) is 8.78 Å². The number of benzene rings is 1. The molecule has 0 atom stereocenters. The summed E-state index contributed by atoms with van der Waals surface area (Å²) in [7, 11) is 0.